The Morgan fingerprint density at radius 3 is 2.64 bits per heavy atom. The summed E-state index contributed by atoms with van der Waals surface area (Å²) >= 11 is 0. The minimum Gasteiger partial charge on any atom is -0.326 e. The van der Waals surface area contributed by atoms with Crippen LogP contribution in [0.3, 0.4) is 0 Å². The number of nitrogens with one attached hydrogen (secondary N) is 2. The molecule has 25 heavy (non-hydrogen) atoms. The maximum Gasteiger partial charge on any atom is 0.401 e. The standard InChI is InChI=1S/C15H20F3N3O3S/c1-10-3-4-12(19-11(2)22)7-14(10)25(23,24)20-13-5-6-21(8-13)9-15(16,17)18/h3-4,7,13,20H,5-6,8-9H2,1-2H3,(H,19,22). The van der Waals surface area contributed by atoms with Crippen LogP contribution in [0.1, 0.15) is 18.9 Å². The first-order valence-electron chi connectivity index (χ1n) is 7.66. The molecule has 1 aliphatic heterocycles. The van der Waals surface area contributed by atoms with E-state index >= 15 is 0 Å². The molecule has 2 rings (SSSR count). The van der Waals surface area contributed by atoms with Gasteiger partial charge in [0.15, 0.2) is 0 Å². The topological polar surface area (TPSA) is 78.5 Å². The van der Waals surface area contributed by atoms with Crippen molar-refractivity contribution in [2.45, 2.75) is 37.4 Å². The molecule has 0 aliphatic carbocycles. The monoisotopic (exact) mass is 379 g/mol. The Morgan fingerprint density at radius 1 is 1.36 bits per heavy atom. The maximum absolute atomic E-state index is 12.6. The van der Waals surface area contributed by atoms with Crippen LogP contribution in [-0.4, -0.2) is 51.1 Å². The quantitative estimate of drug-likeness (QED) is 0.819. The molecule has 1 saturated heterocycles. The lowest BCUT2D eigenvalue weighted by molar-refractivity contribution is -0.143. The third-order valence-electron chi connectivity index (χ3n) is 3.80. The summed E-state index contributed by atoms with van der Waals surface area (Å²) in [7, 11) is -3.91. The van der Waals surface area contributed by atoms with Gasteiger partial charge in [-0.1, -0.05) is 6.07 Å². The maximum atomic E-state index is 12.6. The molecule has 0 bridgehead atoms. The van der Waals surface area contributed by atoms with Crippen LogP contribution in [0, 0.1) is 6.92 Å². The molecule has 10 heteroatoms. The zero-order valence-corrected chi connectivity index (χ0v) is 14.7. The van der Waals surface area contributed by atoms with E-state index in [4.69, 9.17) is 0 Å². The third kappa shape index (κ3) is 5.68. The second-order valence-electron chi connectivity index (χ2n) is 6.12. The zero-order valence-electron chi connectivity index (χ0n) is 13.9. The molecule has 0 radical (unpaired) electrons. The Morgan fingerprint density at radius 2 is 2.04 bits per heavy atom. The Balaban J connectivity index is 2.11. The minimum atomic E-state index is -4.31. The number of halogens is 3. The first-order chi connectivity index (χ1) is 11.5. The van der Waals surface area contributed by atoms with Gasteiger partial charge in [-0.15, -0.1) is 0 Å². The molecule has 0 saturated carbocycles. The lowest BCUT2D eigenvalue weighted by Gasteiger charge is -2.18. The second kappa shape index (κ2) is 7.30. The van der Waals surface area contributed by atoms with E-state index in [1.54, 1.807) is 19.1 Å². The molecule has 1 aromatic rings. The highest BCUT2D eigenvalue weighted by Crippen LogP contribution is 2.23. The predicted octanol–water partition coefficient (Wildman–Crippen LogP) is 1.87. The SMILES string of the molecule is CC(=O)Nc1ccc(C)c(S(=O)(=O)NC2CCN(CC(F)(F)F)C2)c1. The van der Waals surface area contributed by atoms with Crippen molar-refractivity contribution in [2.75, 3.05) is 25.0 Å². The number of carbonyl (C=O) groups excluding carboxylic acids is 1. The molecule has 1 atom stereocenters. The fourth-order valence-electron chi connectivity index (χ4n) is 2.78. The lowest BCUT2D eigenvalue weighted by Crippen LogP contribution is -2.39. The molecule has 2 N–H and O–H groups in total. The van der Waals surface area contributed by atoms with Gasteiger partial charge in [0.1, 0.15) is 0 Å². The Labute approximate surface area is 144 Å². The minimum absolute atomic E-state index is 0.00315. The van der Waals surface area contributed by atoms with E-state index in [2.05, 4.69) is 10.0 Å². The molecule has 0 aromatic heterocycles. The largest absolute Gasteiger partial charge is 0.401 e. The van der Waals surface area contributed by atoms with Gasteiger partial charge in [0.05, 0.1) is 11.4 Å². The number of carbonyl (C=O) groups is 1. The second-order valence-corrected chi connectivity index (χ2v) is 7.80. The van der Waals surface area contributed by atoms with Crippen molar-refractivity contribution in [1.29, 1.82) is 0 Å². The van der Waals surface area contributed by atoms with E-state index in [1.807, 2.05) is 0 Å². The fourth-order valence-corrected chi connectivity index (χ4v) is 4.31. The van der Waals surface area contributed by atoms with Gasteiger partial charge in [0.2, 0.25) is 15.9 Å². The molecule has 1 unspecified atom stereocenters. The molecular formula is C15H20F3N3O3S. The smallest absolute Gasteiger partial charge is 0.326 e. The van der Waals surface area contributed by atoms with Crippen LogP contribution < -0.4 is 10.0 Å². The molecule has 1 aromatic carbocycles. The highest BCUT2D eigenvalue weighted by molar-refractivity contribution is 7.89. The van der Waals surface area contributed by atoms with Crippen molar-refractivity contribution in [2.24, 2.45) is 0 Å². The van der Waals surface area contributed by atoms with Crippen molar-refractivity contribution in [1.82, 2.24) is 9.62 Å². The van der Waals surface area contributed by atoms with Gasteiger partial charge in [-0.2, -0.15) is 13.2 Å². The van der Waals surface area contributed by atoms with Crippen LogP contribution in [0.5, 0.6) is 0 Å². The van der Waals surface area contributed by atoms with Gasteiger partial charge in [0.25, 0.3) is 0 Å². The molecule has 6 nitrogen and oxygen atoms in total. The Hall–Kier alpha value is -1.65. The number of benzene rings is 1. The van der Waals surface area contributed by atoms with Crippen LogP contribution in [0.4, 0.5) is 18.9 Å². The van der Waals surface area contributed by atoms with Gasteiger partial charge < -0.3 is 5.32 Å². The number of aryl methyl sites for hydroxylation is 1. The summed E-state index contributed by atoms with van der Waals surface area (Å²) in [5.41, 5.74) is 0.815. The summed E-state index contributed by atoms with van der Waals surface area (Å²) in [6.45, 7) is 2.04. The number of hydrogen-bond donors (Lipinski definition) is 2. The Kier molecular flexibility index (Phi) is 5.75. The van der Waals surface area contributed by atoms with Gasteiger partial charge in [-0.25, -0.2) is 13.1 Å². The number of amides is 1. The van der Waals surface area contributed by atoms with Crippen LogP contribution in [0.25, 0.3) is 0 Å². The number of alkyl halides is 3. The van der Waals surface area contributed by atoms with Crippen molar-refractivity contribution in [3.05, 3.63) is 23.8 Å². The summed E-state index contributed by atoms with van der Waals surface area (Å²) in [4.78, 5) is 12.3. The molecule has 140 valence electrons. The average Bonchev–Trinajstić information content (AvgIpc) is 2.84. The fraction of sp³-hybridized carbons (Fsp3) is 0.533. The summed E-state index contributed by atoms with van der Waals surface area (Å²) in [6, 6.07) is 3.89. The number of hydrogen-bond acceptors (Lipinski definition) is 4. The number of rotatable bonds is 5. The molecule has 1 heterocycles. The Bertz CT molecular complexity index is 750. The van der Waals surface area contributed by atoms with Gasteiger partial charge >= 0.3 is 6.18 Å². The van der Waals surface area contributed by atoms with Crippen molar-refractivity contribution < 1.29 is 26.4 Å². The van der Waals surface area contributed by atoms with Crippen LogP contribution in [0.2, 0.25) is 0 Å². The molecule has 1 fully saturated rings. The van der Waals surface area contributed by atoms with Gasteiger partial charge in [0, 0.05) is 31.7 Å². The third-order valence-corrected chi connectivity index (χ3v) is 5.46. The normalized spacial score (nSPS) is 19.2. The van der Waals surface area contributed by atoms with Crippen LogP contribution >= 0.6 is 0 Å². The van der Waals surface area contributed by atoms with Crippen molar-refractivity contribution in [3.63, 3.8) is 0 Å². The van der Waals surface area contributed by atoms with Crippen LogP contribution in [-0.2, 0) is 14.8 Å². The molecule has 0 spiro atoms. The number of likely N-dealkylation sites (tertiary alicyclic amines) is 1. The molecular weight excluding hydrogens is 359 g/mol. The summed E-state index contributed by atoms with van der Waals surface area (Å²) < 4.78 is 64.9. The van der Waals surface area contributed by atoms with E-state index in [9.17, 15) is 26.4 Å². The summed E-state index contributed by atoms with van der Waals surface area (Å²) in [5, 5.41) is 2.51. The number of sulfonamides is 1. The lowest BCUT2D eigenvalue weighted by atomic mass is 10.2. The van der Waals surface area contributed by atoms with Gasteiger partial charge in [-0.3, -0.25) is 9.69 Å². The first-order valence-corrected chi connectivity index (χ1v) is 9.14. The van der Waals surface area contributed by atoms with Gasteiger partial charge in [-0.05, 0) is 31.0 Å². The van der Waals surface area contributed by atoms with Crippen LogP contribution in [0.15, 0.2) is 23.1 Å². The summed E-state index contributed by atoms with van der Waals surface area (Å²) in [6.07, 6.45) is -4.00. The molecule has 1 aliphatic rings. The summed E-state index contributed by atoms with van der Waals surface area (Å²) in [5.74, 6) is -0.334. The average molecular weight is 379 g/mol. The van der Waals surface area contributed by atoms with Crippen molar-refractivity contribution >= 4 is 21.6 Å². The van der Waals surface area contributed by atoms with E-state index in [1.165, 1.54) is 17.9 Å². The van der Waals surface area contributed by atoms with E-state index in [0.29, 0.717) is 17.7 Å². The van der Waals surface area contributed by atoms with Crippen molar-refractivity contribution in [3.8, 4) is 0 Å². The highest BCUT2D eigenvalue weighted by Gasteiger charge is 2.35. The predicted molar refractivity (Wildman–Crippen MR) is 86.7 cm³/mol. The van der Waals surface area contributed by atoms with E-state index in [0.717, 1.165) is 0 Å². The first kappa shape index (κ1) is 19.7. The van der Waals surface area contributed by atoms with E-state index < -0.39 is 28.8 Å². The van der Waals surface area contributed by atoms with E-state index in [-0.39, 0.29) is 23.9 Å². The highest BCUT2D eigenvalue weighted by atomic mass is 32.2. The number of nitrogens with zero attached hydrogens (tertiary/aromatic N) is 1. The zero-order chi connectivity index (χ0) is 18.8. The molecule has 1 amide bonds. The number of anilines is 1.